The Kier molecular flexibility index (Phi) is 5.74. The van der Waals surface area contributed by atoms with Crippen LogP contribution < -0.4 is 4.74 Å². The SMILES string of the molecule is O=C(O)CCCOc1ccc([N+](=O)[O-])c(CCO)c1. The number of benzene rings is 1. The lowest BCUT2D eigenvalue weighted by Gasteiger charge is -2.07. The van der Waals surface area contributed by atoms with Gasteiger partial charge >= 0.3 is 5.97 Å². The van der Waals surface area contributed by atoms with Crippen LogP contribution in [0.4, 0.5) is 5.69 Å². The second-order valence-corrected chi connectivity index (χ2v) is 3.87. The molecule has 0 heterocycles. The summed E-state index contributed by atoms with van der Waals surface area (Å²) in [6, 6.07) is 4.27. The monoisotopic (exact) mass is 269 g/mol. The smallest absolute Gasteiger partial charge is 0.303 e. The zero-order chi connectivity index (χ0) is 14.3. The fourth-order valence-corrected chi connectivity index (χ4v) is 1.56. The second-order valence-electron chi connectivity index (χ2n) is 3.87. The first-order valence-electron chi connectivity index (χ1n) is 5.77. The van der Waals surface area contributed by atoms with Crippen LogP contribution in [0.2, 0.25) is 0 Å². The van der Waals surface area contributed by atoms with Crippen LogP contribution >= 0.6 is 0 Å². The lowest BCUT2D eigenvalue weighted by Crippen LogP contribution is -2.03. The lowest BCUT2D eigenvalue weighted by molar-refractivity contribution is -0.385. The summed E-state index contributed by atoms with van der Waals surface area (Å²) in [5.74, 6) is -0.465. The van der Waals surface area contributed by atoms with E-state index in [0.29, 0.717) is 17.7 Å². The number of aliphatic hydroxyl groups is 1. The summed E-state index contributed by atoms with van der Waals surface area (Å²) >= 11 is 0. The van der Waals surface area contributed by atoms with E-state index >= 15 is 0 Å². The fourth-order valence-electron chi connectivity index (χ4n) is 1.56. The maximum absolute atomic E-state index is 10.8. The summed E-state index contributed by atoms with van der Waals surface area (Å²) < 4.78 is 5.31. The lowest BCUT2D eigenvalue weighted by atomic mass is 10.1. The normalized spacial score (nSPS) is 10.2. The van der Waals surface area contributed by atoms with E-state index in [-0.39, 0.29) is 31.7 Å². The van der Waals surface area contributed by atoms with E-state index in [4.69, 9.17) is 14.9 Å². The maximum atomic E-state index is 10.8. The molecule has 0 aliphatic carbocycles. The topological polar surface area (TPSA) is 110 Å². The summed E-state index contributed by atoms with van der Waals surface area (Å²) in [6.07, 6.45) is 0.542. The van der Waals surface area contributed by atoms with Gasteiger partial charge in [-0.3, -0.25) is 14.9 Å². The number of nitrogens with zero attached hydrogens (tertiary/aromatic N) is 1. The van der Waals surface area contributed by atoms with Crippen LogP contribution in [-0.4, -0.2) is 34.3 Å². The third kappa shape index (κ3) is 4.92. The highest BCUT2D eigenvalue weighted by molar-refractivity contribution is 5.66. The van der Waals surface area contributed by atoms with Gasteiger partial charge in [0.2, 0.25) is 0 Å². The zero-order valence-electron chi connectivity index (χ0n) is 10.2. The van der Waals surface area contributed by atoms with Crippen molar-refractivity contribution in [1.82, 2.24) is 0 Å². The number of hydrogen-bond acceptors (Lipinski definition) is 5. The van der Waals surface area contributed by atoms with Crippen LogP contribution in [0.5, 0.6) is 5.75 Å². The molecule has 0 aliphatic rings. The molecule has 0 amide bonds. The Morgan fingerprint density at radius 1 is 1.42 bits per heavy atom. The van der Waals surface area contributed by atoms with Crippen molar-refractivity contribution in [3.05, 3.63) is 33.9 Å². The largest absolute Gasteiger partial charge is 0.494 e. The Morgan fingerprint density at radius 3 is 2.74 bits per heavy atom. The average molecular weight is 269 g/mol. The van der Waals surface area contributed by atoms with Gasteiger partial charge < -0.3 is 14.9 Å². The van der Waals surface area contributed by atoms with Gasteiger partial charge in [-0.15, -0.1) is 0 Å². The standard InChI is InChI=1S/C12H15NO6/c14-6-5-9-8-10(3-4-11(9)13(17)18)19-7-1-2-12(15)16/h3-4,8,14H,1-2,5-7H2,(H,15,16). The van der Waals surface area contributed by atoms with Crippen molar-refractivity contribution in [3.63, 3.8) is 0 Å². The number of hydrogen-bond donors (Lipinski definition) is 2. The second kappa shape index (κ2) is 7.32. The minimum Gasteiger partial charge on any atom is -0.494 e. The van der Waals surface area contributed by atoms with Crippen LogP contribution in [0.1, 0.15) is 18.4 Å². The minimum atomic E-state index is -0.895. The number of nitro benzene ring substituents is 1. The van der Waals surface area contributed by atoms with E-state index in [1.54, 1.807) is 0 Å². The molecule has 0 unspecified atom stereocenters. The molecule has 0 saturated carbocycles. The minimum absolute atomic E-state index is 0.0104. The van der Waals surface area contributed by atoms with Gasteiger partial charge in [0.1, 0.15) is 5.75 Å². The van der Waals surface area contributed by atoms with Crippen molar-refractivity contribution in [2.45, 2.75) is 19.3 Å². The molecule has 0 fully saturated rings. The first kappa shape index (κ1) is 14.9. The Morgan fingerprint density at radius 2 is 2.16 bits per heavy atom. The maximum Gasteiger partial charge on any atom is 0.303 e. The highest BCUT2D eigenvalue weighted by atomic mass is 16.6. The van der Waals surface area contributed by atoms with E-state index in [2.05, 4.69) is 0 Å². The van der Waals surface area contributed by atoms with E-state index in [1.165, 1.54) is 18.2 Å². The average Bonchev–Trinajstić information content (AvgIpc) is 2.35. The number of carboxylic acids is 1. The number of aliphatic hydroxyl groups excluding tert-OH is 1. The molecule has 0 bridgehead atoms. The first-order chi connectivity index (χ1) is 9.04. The molecular formula is C12H15NO6. The quantitative estimate of drug-likeness (QED) is 0.419. The molecule has 19 heavy (non-hydrogen) atoms. The van der Waals surface area contributed by atoms with Crippen molar-refractivity contribution in [2.75, 3.05) is 13.2 Å². The number of carboxylic acid groups (broad SMARTS) is 1. The van der Waals surface area contributed by atoms with Crippen molar-refractivity contribution in [1.29, 1.82) is 0 Å². The fraction of sp³-hybridized carbons (Fsp3) is 0.417. The summed E-state index contributed by atoms with van der Waals surface area (Å²) in [5.41, 5.74) is 0.329. The van der Waals surface area contributed by atoms with E-state index in [0.717, 1.165) is 0 Å². The molecule has 0 aromatic heterocycles. The van der Waals surface area contributed by atoms with Crippen LogP contribution in [0.25, 0.3) is 0 Å². The number of aliphatic carboxylic acids is 1. The molecule has 0 radical (unpaired) electrons. The Labute approximate surface area is 109 Å². The molecule has 1 aromatic rings. The number of rotatable bonds is 8. The molecule has 104 valence electrons. The van der Waals surface area contributed by atoms with Gasteiger partial charge in [0.25, 0.3) is 5.69 Å². The molecule has 0 atom stereocenters. The van der Waals surface area contributed by atoms with Crippen LogP contribution in [0, 0.1) is 10.1 Å². The molecule has 0 spiro atoms. The number of ether oxygens (including phenoxy) is 1. The third-order valence-electron chi connectivity index (χ3n) is 2.43. The summed E-state index contributed by atoms with van der Waals surface area (Å²) in [5, 5.41) is 28.1. The van der Waals surface area contributed by atoms with E-state index < -0.39 is 10.9 Å². The van der Waals surface area contributed by atoms with Crippen LogP contribution in [-0.2, 0) is 11.2 Å². The van der Waals surface area contributed by atoms with Crippen molar-refractivity contribution in [2.24, 2.45) is 0 Å². The summed E-state index contributed by atoms with van der Waals surface area (Å²) in [6.45, 7) is 0.0337. The van der Waals surface area contributed by atoms with E-state index in [1.807, 2.05) is 0 Å². The predicted octanol–water partition coefficient (Wildman–Crippen LogP) is 1.37. The third-order valence-corrected chi connectivity index (χ3v) is 2.43. The van der Waals surface area contributed by atoms with Gasteiger partial charge in [0.05, 0.1) is 11.5 Å². The van der Waals surface area contributed by atoms with E-state index in [9.17, 15) is 14.9 Å². The molecule has 0 saturated heterocycles. The highest BCUT2D eigenvalue weighted by Crippen LogP contribution is 2.24. The van der Waals surface area contributed by atoms with Gasteiger partial charge in [-0.1, -0.05) is 0 Å². The zero-order valence-corrected chi connectivity index (χ0v) is 10.2. The molecule has 2 N–H and O–H groups in total. The van der Waals surface area contributed by atoms with Crippen LogP contribution in [0.15, 0.2) is 18.2 Å². The Bertz CT molecular complexity index is 460. The van der Waals surface area contributed by atoms with Gasteiger partial charge in [0.15, 0.2) is 0 Å². The van der Waals surface area contributed by atoms with Crippen molar-refractivity contribution < 1.29 is 24.7 Å². The van der Waals surface area contributed by atoms with Crippen molar-refractivity contribution in [3.8, 4) is 5.75 Å². The molecule has 7 nitrogen and oxygen atoms in total. The van der Waals surface area contributed by atoms with Crippen molar-refractivity contribution >= 4 is 11.7 Å². The van der Waals surface area contributed by atoms with Gasteiger partial charge in [-0.2, -0.15) is 0 Å². The highest BCUT2D eigenvalue weighted by Gasteiger charge is 2.14. The summed E-state index contributed by atoms with van der Waals surface area (Å²) in [7, 11) is 0. The molecule has 1 aromatic carbocycles. The number of carbonyl (C=O) groups is 1. The van der Waals surface area contributed by atoms with Gasteiger partial charge in [-0.05, 0) is 18.6 Å². The molecule has 0 aliphatic heterocycles. The van der Waals surface area contributed by atoms with Gasteiger partial charge in [0, 0.05) is 31.1 Å². The van der Waals surface area contributed by atoms with Crippen LogP contribution in [0.3, 0.4) is 0 Å². The predicted molar refractivity (Wildman–Crippen MR) is 66.3 cm³/mol. The Hall–Kier alpha value is -2.15. The number of nitro groups is 1. The first-order valence-corrected chi connectivity index (χ1v) is 5.77. The van der Waals surface area contributed by atoms with Gasteiger partial charge in [-0.25, -0.2) is 0 Å². The molecule has 1 rings (SSSR count). The molecule has 7 heteroatoms. The summed E-state index contributed by atoms with van der Waals surface area (Å²) in [4.78, 5) is 20.6. The Balaban J connectivity index is 2.67. The molecular weight excluding hydrogens is 254 g/mol.